The third-order valence-electron chi connectivity index (χ3n) is 4.13. The van der Waals surface area contributed by atoms with E-state index in [-0.39, 0.29) is 17.3 Å². The summed E-state index contributed by atoms with van der Waals surface area (Å²) in [6.07, 6.45) is -0.293. The van der Waals surface area contributed by atoms with E-state index in [0.717, 1.165) is 16.0 Å². The smallest absolute Gasteiger partial charge is 0.339 e. The van der Waals surface area contributed by atoms with Gasteiger partial charge < -0.3 is 4.74 Å². The van der Waals surface area contributed by atoms with E-state index in [2.05, 4.69) is 12.1 Å². The van der Waals surface area contributed by atoms with Gasteiger partial charge in [0.25, 0.3) is 0 Å². The molecule has 0 N–H and O–H groups in total. The first-order valence-electron chi connectivity index (χ1n) is 7.89. The van der Waals surface area contributed by atoms with Gasteiger partial charge in [-0.15, -0.1) is 11.8 Å². The van der Waals surface area contributed by atoms with Crippen molar-refractivity contribution >= 4 is 17.7 Å². The Bertz CT molecular complexity index is 846. The maximum absolute atomic E-state index is 12.4. The third-order valence-corrected chi connectivity index (χ3v) is 5.43. The molecule has 0 bridgehead atoms. The van der Waals surface area contributed by atoms with Gasteiger partial charge in [0.15, 0.2) is 0 Å². The Morgan fingerprint density at radius 3 is 2.12 bits per heavy atom. The fourth-order valence-corrected chi connectivity index (χ4v) is 4.27. The average Bonchev–Trinajstić information content (AvgIpc) is 2.65. The number of hydrogen-bond acceptors (Lipinski definition) is 3. The lowest BCUT2D eigenvalue weighted by Crippen LogP contribution is -2.24. The van der Waals surface area contributed by atoms with Crippen molar-refractivity contribution in [3.8, 4) is 0 Å². The first-order chi connectivity index (χ1) is 11.8. The summed E-state index contributed by atoms with van der Waals surface area (Å²) in [6.45, 7) is 0. The van der Waals surface area contributed by atoms with Crippen LogP contribution >= 0.6 is 11.8 Å². The zero-order valence-corrected chi connectivity index (χ0v) is 13.8. The number of thioether (sulfide) groups is 1. The number of benzene rings is 3. The summed E-state index contributed by atoms with van der Waals surface area (Å²) in [4.78, 5) is 13.6. The van der Waals surface area contributed by atoms with Crippen LogP contribution in [0.3, 0.4) is 0 Å². The SMILES string of the molecule is O=C1O[C@H](c2ccccc2)[C@@H](Sc2ccccc2)c2ccccc21. The molecule has 0 spiro atoms. The van der Waals surface area contributed by atoms with Crippen molar-refractivity contribution in [2.75, 3.05) is 0 Å². The van der Waals surface area contributed by atoms with E-state index < -0.39 is 0 Å². The fourth-order valence-electron chi connectivity index (χ4n) is 2.99. The number of carbonyl (C=O) groups is 1. The number of esters is 1. The van der Waals surface area contributed by atoms with Gasteiger partial charge in [0, 0.05) is 4.90 Å². The van der Waals surface area contributed by atoms with Crippen LogP contribution in [0.4, 0.5) is 0 Å². The van der Waals surface area contributed by atoms with E-state index in [1.54, 1.807) is 11.8 Å². The summed E-state index contributed by atoms with van der Waals surface area (Å²) in [7, 11) is 0. The van der Waals surface area contributed by atoms with Crippen LogP contribution in [0.25, 0.3) is 0 Å². The van der Waals surface area contributed by atoms with Crippen LogP contribution in [0.2, 0.25) is 0 Å². The number of fused-ring (bicyclic) bond motifs is 1. The van der Waals surface area contributed by atoms with Crippen molar-refractivity contribution in [1.29, 1.82) is 0 Å². The van der Waals surface area contributed by atoms with Gasteiger partial charge in [-0.05, 0) is 29.3 Å². The van der Waals surface area contributed by atoms with E-state index in [1.807, 2.05) is 72.8 Å². The van der Waals surface area contributed by atoms with Crippen molar-refractivity contribution in [1.82, 2.24) is 0 Å². The highest BCUT2D eigenvalue weighted by molar-refractivity contribution is 7.99. The maximum Gasteiger partial charge on any atom is 0.339 e. The number of hydrogen-bond donors (Lipinski definition) is 0. The van der Waals surface area contributed by atoms with Crippen molar-refractivity contribution < 1.29 is 9.53 Å². The molecule has 1 aliphatic rings. The van der Waals surface area contributed by atoms with Crippen molar-refractivity contribution in [2.24, 2.45) is 0 Å². The van der Waals surface area contributed by atoms with E-state index in [9.17, 15) is 4.79 Å². The van der Waals surface area contributed by atoms with Crippen LogP contribution in [-0.2, 0) is 4.74 Å². The topological polar surface area (TPSA) is 26.3 Å². The van der Waals surface area contributed by atoms with Gasteiger partial charge >= 0.3 is 5.97 Å². The molecular formula is C21H16O2S. The summed E-state index contributed by atoms with van der Waals surface area (Å²) in [5, 5.41) is 0.0312. The fraction of sp³-hybridized carbons (Fsp3) is 0.0952. The first-order valence-corrected chi connectivity index (χ1v) is 8.77. The Labute approximate surface area is 145 Å². The summed E-state index contributed by atoms with van der Waals surface area (Å²) < 4.78 is 5.82. The number of ether oxygens (including phenoxy) is 1. The zero-order valence-electron chi connectivity index (χ0n) is 13.0. The Kier molecular flexibility index (Phi) is 4.09. The van der Waals surface area contributed by atoms with Gasteiger partial charge in [-0.3, -0.25) is 0 Å². The van der Waals surface area contributed by atoms with Crippen molar-refractivity contribution in [3.63, 3.8) is 0 Å². The van der Waals surface area contributed by atoms with Gasteiger partial charge in [-0.2, -0.15) is 0 Å². The molecule has 1 heterocycles. The Morgan fingerprint density at radius 2 is 1.38 bits per heavy atom. The second kappa shape index (κ2) is 6.54. The molecule has 0 amide bonds. The molecule has 0 aromatic heterocycles. The lowest BCUT2D eigenvalue weighted by atomic mass is 9.94. The lowest BCUT2D eigenvalue weighted by molar-refractivity contribution is 0.0244. The van der Waals surface area contributed by atoms with Crippen molar-refractivity contribution in [3.05, 3.63) is 102 Å². The summed E-state index contributed by atoms with van der Waals surface area (Å²) in [5.74, 6) is -0.246. The lowest BCUT2D eigenvalue weighted by Gasteiger charge is -2.33. The molecule has 4 rings (SSSR count). The van der Waals surface area contributed by atoms with E-state index in [0.29, 0.717) is 5.56 Å². The van der Waals surface area contributed by atoms with Gasteiger partial charge in [0.1, 0.15) is 6.10 Å². The van der Waals surface area contributed by atoms with Crippen LogP contribution in [-0.4, -0.2) is 5.97 Å². The van der Waals surface area contributed by atoms with Crippen LogP contribution in [0.15, 0.2) is 89.8 Å². The molecule has 0 radical (unpaired) electrons. The predicted molar refractivity (Wildman–Crippen MR) is 96.1 cm³/mol. The molecule has 24 heavy (non-hydrogen) atoms. The molecule has 0 saturated carbocycles. The quantitative estimate of drug-likeness (QED) is 0.598. The van der Waals surface area contributed by atoms with E-state index in [4.69, 9.17) is 4.74 Å². The molecular weight excluding hydrogens is 316 g/mol. The Morgan fingerprint density at radius 1 is 0.750 bits per heavy atom. The van der Waals surface area contributed by atoms with Gasteiger partial charge in [0.2, 0.25) is 0 Å². The second-order valence-corrected chi connectivity index (χ2v) is 6.89. The summed E-state index contributed by atoms with van der Waals surface area (Å²) >= 11 is 1.73. The zero-order chi connectivity index (χ0) is 16.4. The largest absolute Gasteiger partial charge is 0.452 e. The molecule has 3 aromatic carbocycles. The molecule has 3 heteroatoms. The summed E-state index contributed by atoms with van der Waals surface area (Å²) in [5.41, 5.74) is 2.73. The number of rotatable bonds is 3. The molecule has 2 nitrogen and oxygen atoms in total. The minimum Gasteiger partial charge on any atom is -0.452 e. The average molecular weight is 332 g/mol. The van der Waals surface area contributed by atoms with Crippen LogP contribution in [0.5, 0.6) is 0 Å². The highest BCUT2D eigenvalue weighted by Gasteiger charge is 2.37. The molecule has 2 atom stereocenters. The minimum absolute atomic E-state index is 0.0312. The number of carbonyl (C=O) groups excluding carboxylic acids is 1. The highest BCUT2D eigenvalue weighted by atomic mass is 32.2. The predicted octanol–water partition coefficient (Wildman–Crippen LogP) is 5.43. The summed E-state index contributed by atoms with van der Waals surface area (Å²) in [6, 6.07) is 28.0. The van der Waals surface area contributed by atoms with Crippen LogP contribution in [0.1, 0.15) is 32.8 Å². The Hall–Kier alpha value is -2.52. The molecule has 0 aliphatic carbocycles. The molecule has 3 aromatic rings. The van der Waals surface area contributed by atoms with Crippen molar-refractivity contribution in [2.45, 2.75) is 16.2 Å². The third kappa shape index (κ3) is 2.83. The number of cyclic esters (lactones) is 1. The standard InChI is InChI=1S/C21H16O2S/c22-21-18-14-8-7-13-17(18)20(24-16-11-5-2-6-12-16)19(23-21)15-9-3-1-4-10-15/h1-14,19-20H/t19-,20+/m1/s1. The maximum atomic E-state index is 12.4. The molecule has 1 aliphatic heterocycles. The minimum atomic E-state index is -0.293. The molecule has 0 fully saturated rings. The van der Waals surface area contributed by atoms with Gasteiger partial charge in [-0.1, -0.05) is 66.7 Å². The molecule has 0 unspecified atom stereocenters. The van der Waals surface area contributed by atoms with Crippen LogP contribution in [0, 0.1) is 0 Å². The normalized spacial score (nSPS) is 19.4. The highest BCUT2D eigenvalue weighted by Crippen LogP contribution is 2.49. The molecule has 0 saturated heterocycles. The first kappa shape index (κ1) is 15.0. The molecule has 118 valence electrons. The van der Waals surface area contributed by atoms with Crippen LogP contribution < -0.4 is 0 Å². The monoisotopic (exact) mass is 332 g/mol. The second-order valence-electron chi connectivity index (χ2n) is 5.68. The van der Waals surface area contributed by atoms with E-state index in [1.165, 1.54) is 0 Å². The van der Waals surface area contributed by atoms with E-state index >= 15 is 0 Å². The van der Waals surface area contributed by atoms with Gasteiger partial charge in [0.05, 0.1) is 10.8 Å². The van der Waals surface area contributed by atoms with Gasteiger partial charge in [-0.25, -0.2) is 4.79 Å². The Balaban J connectivity index is 1.79.